The molecule has 2 aliphatic heterocycles. The molecule has 1 N–H and O–H groups in total. The number of hydrogen-bond acceptors (Lipinski definition) is 5. The van der Waals surface area contributed by atoms with E-state index in [1.165, 1.54) is 10.6 Å². The number of carbonyl (C=O) groups is 1. The molecule has 0 radical (unpaired) electrons. The summed E-state index contributed by atoms with van der Waals surface area (Å²) in [7, 11) is -0.0814. The first-order chi connectivity index (χ1) is 20.2. The largest absolute Gasteiger partial charge is 0.497 e. The van der Waals surface area contributed by atoms with Gasteiger partial charge in [-0.25, -0.2) is 17.5 Å². The molecule has 0 aliphatic carbocycles. The fraction of sp³-hybridized carbons (Fsp3) is 0.364. The molecule has 0 saturated carbocycles. The molecule has 3 aromatic rings. The van der Waals surface area contributed by atoms with Crippen LogP contribution in [-0.4, -0.2) is 87.2 Å². The Balaban J connectivity index is 1.37. The number of likely N-dealkylation sites (N-methyl/N-ethyl adjacent to an activating group) is 1. The van der Waals surface area contributed by atoms with Crippen molar-refractivity contribution in [3.05, 3.63) is 95.6 Å². The van der Waals surface area contributed by atoms with E-state index in [4.69, 9.17) is 4.74 Å². The van der Waals surface area contributed by atoms with Crippen LogP contribution < -0.4 is 10.1 Å². The topological polar surface area (TPSA) is 82.2 Å². The number of nitrogens with zero attached hydrogens (tertiary/aromatic N) is 3. The van der Waals surface area contributed by atoms with Crippen molar-refractivity contribution >= 4 is 21.7 Å². The quantitative estimate of drug-likeness (QED) is 0.432. The number of carbonyl (C=O) groups excluding carboxylic acids is 1. The van der Waals surface area contributed by atoms with Crippen LogP contribution in [0.5, 0.6) is 5.75 Å². The summed E-state index contributed by atoms with van der Waals surface area (Å²) in [6, 6.07) is 25.4. The summed E-state index contributed by atoms with van der Waals surface area (Å²) in [5.74, 6) is 7.24. The van der Waals surface area contributed by atoms with Crippen LogP contribution in [0.2, 0.25) is 0 Å². The third-order valence-corrected chi connectivity index (χ3v) is 9.52. The zero-order chi connectivity index (χ0) is 29.7. The molecule has 0 aromatic heterocycles. The van der Waals surface area contributed by atoms with Gasteiger partial charge in [0, 0.05) is 61.5 Å². The molecule has 220 valence electrons. The Hall–Kier alpha value is -3.84. The van der Waals surface area contributed by atoms with E-state index in [1.807, 2.05) is 71.6 Å². The van der Waals surface area contributed by atoms with Gasteiger partial charge in [-0.3, -0.25) is 4.90 Å². The van der Waals surface area contributed by atoms with Crippen molar-refractivity contribution in [1.82, 2.24) is 14.1 Å². The summed E-state index contributed by atoms with van der Waals surface area (Å²) in [6.45, 7) is 2.49. The van der Waals surface area contributed by atoms with Gasteiger partial charge in [0.2, 0.25) is 10.0 Å². The highest BCUT2D eigenvalue weighted by molar-refractivity contribution is 7.88. The lowest BCUT2D eigenvalue weighted by Gasteiger charge is -2.58. The minimum atomic E-state index is -3.33. The average molecular weight is 587 g/mol. The number of sulfonamides is 1. The molecule has 3 aromatic carbocycles. The Morgan fingerprint density at radius 3 is 2.24 bits per heavy atom. The third-order valence-electron chi connectivity index (χ3n) is 8.24. The van der Waals surface area contributed by atoms with Crippen LogP contribution in [0.4, 0.5) is 10.5 Å². The molecule has 3 atom stereocenters. The van der Waals surface area contributed by atoms with Crippen molar-refractivity contribution in [2.24, 2.45) is 0 Å². The van der Waals surface area contributed by atoms with Crippen LogP contribution in [0, 0.1) is 11.8 Å². The number of rotatable bonds is 6. The van der Waals surface area contributed by atoms with E-state index in [9.17, 15) is 13.2 Å². The molecule has 2 heterocycles. The molecule has 0 unspecified atom stereocenters. The predicted molar refractivity (Wildman–Crippen MR) is 166 cm³/mol. The summed E-state index contributed by atoms with van der Waals surface area (Å²) in [6.07, 6.45) is 3.06. The maximum atomic E-state index is 13.4. The van der Waals surface area contributed by atoms with Gasteiger partial charge in [-0.15, -0.1) is 0 Å². The Labute approximate surface area is 249 Å². The molecular weight excluding hydrogens is 548 g/mol. The van der Waals surface area contributed by atoms with E-state index in [1.54, 1.807) is 14.2 Å². The SMILES string of the molecule is COc1ccc(NC(=O)N2CCCCN3[C@@H](C2)[C@@H](c2ccc(C#Cc4ccccc4)cc2)[C@@H]3CN(C)S(C)(=O)=O)cc1. The molecule has 5 rings (SSSR count). The van der Waals surface area contributed by atoms with Gasteiger partial charge in [-0.2, -0.15) is 0 Å². The third kappa shape index (κ3) is 6.96. The van der Waals surface area contributed by atoms with Gasteiger partial charge in [-0.1, -0.05) is 42.2 Å². The number of urea groups is 1. The van der Waals surface area contributed by atoms with E-state index in [0.29, 0.717) is 25.3 Å². The second kappa shape index (κ2) is 13.0. The van der Waals surface area contributed by atoms with Crippen LogP contribution in [0.15, 0.2) is 78.9 Å². The minimum Gasteiger partial charge on any atom is -0.497 e. The molecule has 0 bridgehead atoms. The molecule has 2 fully saturated rings. The Morgan fingerprint density at radius 2 is 1.60 bits per heavy atom. The highest BCUT2D eigenvalue weighted by atomic mass is 32.2. The van der Waals surface area contributed by atoms with Gasteiger partial charge < -0.3 is 15.0 Å². The van der Waals surface area contributed by atoms with Gasteiger partial charge >= 0.3 is 6.03 Å². The van der Waals surface area contributed by atoms with E-state index in [0.717, 1.165) is 41.8 Å². The van der Waals surface area contributed by atoms with Crippen molar-refractivity contribution in [3.8, 4) is 17.6 Å². The molecule has 9 heteroatoms. The van der Waals surface area contributed by atoms with Crippen molar-refractivity contribution in [3.63, 3.8) is 0 Å². The lowest BCUT2D eigenvalue weighted by atomic mass is 9.74. The first-order valence-corrected chi connectivity index (χ1v) is 16.1. The van der Waals surface area contributed by atoms with Crippen molar-refractivity contribution in [2.75, 3.05) is 51.9 Å². The van der Waals surface area contributed by atoms with Crippen LogP contribution in [0.1, 0.15) is 35.4 Å². The van der Waals surface area contributed by atoms with Gasteiger partial charge in [0.05, 0.1) is 13.4 Å². The van der Waals surface area contributed by atoms with Gasteiger partial charge in [0.1, 0.15) is 5.75 Å². The van der Waals surface area contributed by atoms with Crippen molar-refractivity contribution < 1.29 is 17.9 Å². The number of anilines is 1. The molecule has 2 saturated heterocycles. The average Bonchev–Trinajstić information content (AvgIpc) is 2.97. The number of hydrogen-bond donors (Lipinski definition) is 1. The van der Waals surface area contributed by atoms with Crippen molar-refractivity contribution in [1.29, 1.82) is 0 Å². The summed E-state index contributed by atoms with van der Waals surface area (Å²) in [5, 5.41) is 3.03. The number of methoxy groups -OCH3 is 1. The van der Waals surface area contributed by atoms with Gasteiger partial charge in [0.15, 0.2) is 0 Å². The first-order valence-electron chi connectivity index (χ1n) is 14.3. The monoisotopic (exact) mass is 586 g/mol. The predicted octanol–water partition coefficient (Wildman–Crippen LogP) is 4.45. The minimum absolute atomic E-state index is 0.0144. The Morgan fingerprint density at radius 1 is 0.952 bits per heavy atom. The lowest BCUT2D eigenvalue weighted by molar-refractivity contribution is -0.0402. The lowest BCUT2D eigenvalue weighted by Crippen LogP contribution is -2.69. The zero-order valence-corrected chi connectivity index (χ0v) is 25.2. The molecule has 2 amide bonds. The fourth-order valence-electron chi connectivity index (χ4n) is 5.86. The van der Waals surface area contributed by atoms with Crippen LogP contribution in [0.3, 0.4) is 0 Å². The van der Waals surface area contributed by atoms with E-state index in [-0.39, 0.29) is 24.0 Å². The van der Waals surface area contributed by atoms with Gasteiger partial charge in [0.25, 0.3) is 0 Å². The molecular formula is C33H38N4O4S. The van der Waals surface area contributed by atoms with Gasteiger partial charge in [-0.05, 0) is 73.5 Å². The number of fused-ring (bicyclic) bond motifs is 1. The van der Waals surface area contributed by atoms with Crippen molar-refractivity contribution in [2.45, 2.75) is 30.8 Å². The highest BCUT2D eigenvalue weighted by Gasteiger charge is 2.50. The zero-order valence-electron chi connectivity index (χ0n) is 24.4. The standard InChI is InChI=1S/C33H38N4O4S/c1-35(42(3,39)40)23-30-32(27-15-13-26(14-16-27)12-11-25-9-5-4-6-10-25)31-24-36(21-7-8-22-37(30)31)33(38)34-28-17-19-29(41-2)20-18-28/h4-6,9-10,13-20,30-32H,7-8,21-24H2,1-3H3,(H,34,38)/t30-,31-,32-/m0/s1. The smallest absolute Gasteiger partial charge is 0.321 e. The molecule has 0 spiro atoms. The molecule has 8 nitrogen and oxygen atoms in total. The maximum absolute atomic E-state index is 13.4. The number of ether oxygens (including phenoxy) is 1. The summed E-state index contributed by atoms with van der Waals surface area (Å²) >= 11 is 0. The summed E-state index contributed by atoms with van der Waals surface area (Å²) in [5.41, 5.74) is 3.72. The van der Waals surface area contributed by atoms with E-state index < -0.39 is 10.0 Å². The number of amides is 2. The second-order valence-corrected chi connectivity index (χ2v) is 13.1. The maximum Gasteiger partial charge on any atom is 0.321 e. The first kappa shape index (κ1) is 29.6. The fourth-order valence-corrected chi connectivity index (χ4v) is 6.28. The van der Waals surface area contributed by atoms with Crippen LogP contribution >= 0.6 is 0 Å². The Kier molecular flexibility index (Phi) is 9.17. The number of nitrogens with one attached hydrogen (secondary N) is 1. The molecule has 42 heavy (non-hydrogen) atoms. The van der Waals surface area contributed by atoms with Crippen LogP contribution in [0.25, 0.3) is 0 Å². The number of benzene rings is 3. The highest BCUT2D eigenvalue weighted by Crippen LogP contribution is 2.42. The summed E-state index contributed by atoms with van der Waals surface area (Å²) < 4.78 is 31.4. The second-order valence-electron chi connectivity index (χ2n) is 11.0. The normalized spacial score (nSPS) is 20.8. The summed E-state index contributed by atoms with van der Waals surface area (Å²) in [4.78, 5) is 17.7. The molecule has 2 aliphatic rings. The van der Waals surface area contributed by atoms with E-state index in [2.05, 4.69) is 34.2 Å². The Bertz CT molecular complexity index is 1530. The van der Waals surface area contributed by atoms with Crippen LogP contribution in [-0.2, 0) is 10.0 Å². The van der Waals surface area contributed by atoms with E-state index >= 15 is 0 Å².